The summed E-state index contributed by atoms with van der Waals surface area (Å²) < 4.78 is 63.9. The first-order valence-corrected chi connectivity index (χ1v) is 11.0. The molecule has 0 atom stereocenters. The maximum Gasteiger partial charge on any atom is 0.417 e. The number of anilines is 1. The highest BCUT2D eigenvalue weighted by Crippen LogP contribution is 2.34. The molecule has 0 radical (unpaired) electrons. The zero-order valence-corrected chi connectivity index (χ0v) is 18.1. The lowest BCUT2D eigenvalue weighted by molar-refractivity contribution is -0.137. The number of nitrogens with zero attached hydrogens (tertiary/aromatic N) is 1. The number of pyridine rings is 1. The minimum atomic E-state index is -4.65. The number of alkyl halides is 3. The van der Waals surface area contributed by atoms with Crippen molar-refractivity contribution in [2.75, 3.05) is 5.32 Å². The first-order chi connectivity index (χ1) is 14.4. The smallest absolute Gasteiger partial charge is 0.326 e. The molecule has 3 aromatic rings. The van der Waals surface area contributed by atoms with E-state index in [1.165, 1.54) is 12.1 Å². The van der Waals surface area contributed by atoms with Crippen LogP contribution in [0.1, 0.15) is 11.1 Å². The van der Waals surface area contributed by atoms with E-state index in [0.717, 1.165) is 28.4 Å². The van der Waals surface area contributed by atoms with E-state index in [2.05, 4.69) is 26.2 Å². The van der Waals surface area contributed by atoms with Crippen LogP contribution in [0.5, 0.6) is 0 Å². The molecule has 3 N–H and O–H groups in total. The molecule has 6 nitrogen and oxygen atoms in total. The fourth-order valence-corrected chi connectivity index (χ4v) is 4.04. The minimum absolute atomic E-state index is 0.0193. The lowest BCUT2D eigenvalue weighted by Gasteiger charge is -2.13. The molecule has 1 amide bonds. The highest BCUT2D eigenvalue weighted by molar-refractivity contribution is 9.10. The fourth-order valence-electron chi connectivity index (χ4n) is 2.84. The van der Waals surface area contributed by atoms with Crippen molar-refractivity contribution >= 4 is 37.5 Å². The number of carbonyl (C=O) groups excluding carboxylic acids is 1. The van der Waals surface area contributed by atoms with Gasteiger partial charge in [0.05, 0.1) is 16.9 Å². The first-order valence-electron chi connectivity index (χ1n) is 8.68. The monoisotopic (exact) mass is 513 g/mol. The van der Waals surface area contributed by atoms with E-state index in [4.69, 9.17) is 5.14 Å². The van der Waals surface area contributed by atoms with Gasteiger partial charge in [-0.2, -0.15) is 13.2 Å². The van der Waals surface area contributed by atoms with Gasteiger partial charge in [-0.1, -0.05) is 40.2 Å². The summed E-state index contributed by atoms with van der Waals surface area (Å²) in [5.74, 6) is -0.416. The summed E-state index contributed by atoms with van der Waals surface area (Å²) in [4.78, 5) is 15.5. The van der Waals surface area contributed by atoms with Crippen molar-refractivity contribution in [3.63, 3.8) is 0 Å². The summed E-state index contributed by atoms with van der Waals surface area (Å²) in [6, 6.07) is 11.6. The van der Waals surface area contributed by atoms with Crippen LogP contribution in [0, 0.1) is 0 Å². The number of primary sulfonamides is 1. The Labute approximate surface area is 184 Å². The van der Waals surface area contributed by atoms with Crippen molar-refractivity contribution < 1.29 is 26.4 Å². The highest BCUT2D eigenvalue weighted by atomic mass is 79.9. The van der Waals surface area contributed by atoms with Gasteiger partial charge in [0, 0.05) is 33.7 Å². The number of aromatic nitrogens is 1. The number of nitrogens with two attached hydrogens (primary N) is 1. The Kier molecular flexibility index (Phi) is 6.48. The molecule has 0 spiro atoms. The summed E-state index contributed by atoms with van der Waals surface area (Å²) in [7, 11) is -4.32. The summed E-state index contributed by atoms with van der Waals surface area (Å²) in [6.07, 6.45) is -2.89. The van der Waals surface area contributed by atoms with Gasteiger partial charge in [0.25, 0.3) is 0 Å². The normalized spacial score (nSPS) is 11.9. The molecule has 0 aliphatic carbocycles. The molecule has 0 aliphatic heterocycles. The minimum Gasteiger partial charge on any atom is -0.326 e. The summed E-state index contributed by atoms with van der Waals surface area (Å²) >= 11 is 3.34. The standard InChI is InChI=1S/C20H15BrF3N3O3S/c21-17-4-2-1-3-12(17)8-19(28)27-15-5-6-16(18(9-15)31(25,29)30)13-7-14(11-26-10-13)20(22,23)24/h1-7,9-11H,8H2,(H,27,28)(H2,25,29,30). The molecule has 11 heteroatoms. The van der Waals surface area contributed by atoms with E-state index in [1.54, 1.807) is 24.3 Å². The Morgan fingerprint density at radius 1 is 1.10 bits per heavy atom. The predicted molar refractivity (Wildman–Crippen MR) is 113 cm³/mol. The second kappa shape index (κ2) is 8.77. The van der Waals surface area contributed by atoms with Crippen LogP contribution in [0.3, 0.4) is 0 Å². The van der Waals surface area contributed by atoms with Gasteiger partial charge in [-0.05, 0) is 29.8 Å². The predicted octanol–water partition coefficient (Wildman–Crippen LogP) is 4.36. The fraction of sp³-hybridized carbons (Fsp3) is 0.100. The van der Waals surface area contributed by atoms with Crippen LogP contribution in [-0.2, 0) is 27.4 Å². The number of hydrogen-bond acceptors (Lipinski definition) is 4. The summed E-state index contributed by atoms with van der Waals surface area (Å²) in [5.41, 5.74) is -0.325. The van der Waals surface area contributed by atoms with Gasteiger partial charge in [0.15, 0.2) is 0 Å². The molecule has 0 bridgehead atoms. The number of carbonyl (C=O) groups is 1. The van der Waals surface area contributed by atoms with Crippen LogP contribution in [-0.4, -0.2) is 19.3 Å². The number of rotatable bonds is 5. The van der Waals surface area contributed by atoms with Crippen molar-refractivity contribution in [2.24, 2.45) is 5.14 Å². The van der Waals surface area contributed by atoms with E-state index in [9.17, 15) is 26.4 Å². The van der Waals surface area contributed by atoms with E-state index in [-0.39, 0.29) is 23.2 Å². The molecule has 0 saturated carbocycles. The van der Waals surface area contributed by atoms with Gasteiger partial charge in [0.1, 0.15) is 0 Å². The number of halogens is 4. The van der Waals surface area contributed by atoms with E-state index in [1.807, 2.05) is 0 Å². The van der Waals surface area contributed by atoms with E-state index >= 15 is 0 Å². The molecule has 0 saturated heterocycles. The number of amides is 1. The Hall–Kier alpha value is -2.76. The van der Waals surface area contributed by atoms with Crippen molar-refractivity contribution in [1.29, 1.82) is 0 Å². The molecule has 2 aromatic carbocycles. The second-order valence-corrected chi connectivity index (χ2v) is 8.92. The summed E-state index contributed by atoms with van der Waals surface area (Å²) in [5, 5.41) is 7.84. The van der Waals surface area contributed by atoms with Crippen molar-refractivity contribution in [3.05, 3.63) is 76.5 Å². The molecular weight excluding hydrogens is 499 g/mol. The van der Waals surface area contributed by atoms with E-state index in [0.29, 0.717) is 6.20 Å². The average Bonchev–Trinajstić information content (AvgIpc) is 2.68. The lowest BCUT2D eigenvalue weighted by Crippen LogP contribution is -2.17. The number of benzene rings is 2. The molecular formula is C20H15BrF3N3O3S. The number of nitrogens with one attached hydrogen (secondary N) is 1. The number of hydrogen-bond donors (Lipinski definition) is 2. The zero-order chi connectivity index (χ0) is 22.8. The van der Waals surface area contributed by atoms with Crippen LogP contribution in [0.25, 0.3) is 11.1 Å². The zero-order valence-electron chi connectivity index (χ0n) is 15.7. The molecule has 162 valence electrons. The quantitative estimate of drug-likeness (QED) is 0.529. The van der Waals surface area contributed by atoms with Gasteiger partial charge < -0.3 is 5.32 Å². The van der Waals surface area contributed by atoms with E-state index < -0.39 is 32.6 Å². The first kappa shape index (κ1) is 22.9. The molecule has 3 rings (SSSR count). The highest BCUT2D eigenvalue weighted by Gasteiger charge is 2.31. The van der Waals surface area contributed by atoms with Gasteiger partial charge in [-0.25, -0.2) is 13.6 Å². The Morgan fingerprint density at radius 2 is 1.81 bits per heavy atom. The van der Waals surface area contributed by atoms with Crippen LogP contribution in [0.4, 0.5) is 18.9 Å². The third kappa shape index (κ3) is 5.69. The third-order valence-corrected chi connectivity index (χ3v) is 5.98. The number of sulfonamides is 1. The third-order valence-electron chi connectivity index (χ3n) is 4.26. The van der Waals surface area contributed by atoms with Crippen LogP contribution in [0.2, 0.25) is 0 Å². The lowest BCUT2D eigenvalue weighted by atomic mass is 10.0. The largest absolute Gasteiger partial charge is 0.417 e. The molecule has 31 heavy (non-hydrogen) atoms. The maximum atomic E-state index is 13.0. The maximum absolute atomic E-state index is 13.0. The van der Waals surface area contributed by atoms with Crippen LogP contribution in [0.15, 0.2) is 70.3 Å². The van der Waals surface area contributed by atoms with Crippen molar-refractivity contribution in [2.45, 2.75) is 17.5 Å². The van der Waals surface area contributed by atoms with Gasteiger partial charge in [-0.3, -0.25) is 9.78 Å². The molecule has 1 heterocycles. The Bertz CT molecular complexity index is 1250. The van der Waals surface area contributed by atoms with Crippen LogP contribution < -0.4 is 10.5 Å². The van der Waals surface area contributed by atoms with Gasteiger partial charge in [0.2, 0.25) is 15.9 Å². The Morgan fingerprint density at radius 3 is 2.45 bits per heavy atom. The van der Waals surface area contributed by atoms with Gasteiger partial charge >= 0.3 is 6.18 Å². The van der Waals surface area contributed by atoms with Crippen molar-refractivity contribution in [1.82, 2.24) is 4.98 Å². The Balaban J connectivity index is 1.95. The molecule has 1 aromatic heterocycles. The summed E-state index contributed by atoms with van der Waals surface area (Å²) in [6.45, 7) is 0. The molecule has 0 aliphatic rings. The molecule has 0 unspecified atom stereocenters. The average molecular weight is 514 g/mol. The SMILES string of the molecule is NS(=O)(=O)c1cc(NC(=O)Cc2ccccc2Br)ccc1-c1cncc(C(F)(F)F)c1. The second-order valence-electron chi connectivity index (χ2n) is 6.53. The van der Waals surface area contributed by atoms with Gasteiger partial charge in [-0.15, -0.1) is 0 Å². The van der Waals surface area contributed by atoms with Crippen molar-refractivity contribution in [3.8, 4) is 11.1 Å². The van der Waals surface area contributed by atoms with Crippen LogP contribution >= 0.6 is 15.9 Å². The topological polar surface area (TPSA) is 102 Å². The molecule has 0 fully saturated rings.